The predicted molar refractivity (Wildman–Crippen MR) is 159 cm³/mol. The Balaban J connectivity index is 1.26. The molecule has 2 N–H and O–H groups in total. The van der Waals surface area contributed by atoms with Gasteiger partial charge in [0.15, 0.2) is 5.82 Å². The van der Waals surface area contributed by atoms with Crippen LogP contribution in [0.1, 0.15) is 63.1 Å². The van der Waals surface area contributed by atoms with E-state index in [1.165, 1.54) is 12.1 Å². The zero-order chi connectivity index (χ0) is 29.6. The molecular formula is C34H36F2N4O3. The molecule has 8 rings (SSSR count). The second-order valence-electron chi connectivity index (χ2n) is 13.4. The third-order valence-corrected chi connectivity index (χ3v) is 10.7. The predicted octanol–water partition coefficient (Wildman–Crippen LogP) is 6.13. The van der Waals surface area contributed by atoms with Gasteiger partial charge in [-0.2, -0.15) is 9.97 Å². The molecule has 0 bridgehead atoms. The molecule has 2 aliphatic heterocycles. The van der Waals surface area contributed by atoms with Gasteiger partial charge in [-0.3, -0.25) is 9.88 Å². The van der Waals surface area contributed by atoms with Crippen LogP contribution in [0.5, 0.6) is 11.8 Å². The van der Waals surface area contributed by atoms with E-state index in [0.717, 1.165) is 45.2 Å². The van der Waals surface area contributed by atoms with Gasteiger partial charge >= 0.3 is 6.01 Å². The summed E-state index contributed by atoms with van der Waals surface area (Å²) in [5.41, 5.74) is 1.53. The van der Waals surface area contributed by atoms with Crippen molar-refractivity contribution < 1.29 is 23.7 Å². The second kappa shape index (κ2) is 9.79. The van der Waals surface area contributed by atoms with E-state index in [2.05, 4.69) is 21.8 Å². The third kappa shape index (κ3) is 4.22. The number of rotatable bonds is 6. The minimum Gasteiger partial charge on any atom is -0.508 e. The lowest BCUT2D eigenvalue weighted by atomic mass is 9.91. The van der Waals surface area contributed by atoms with Gasteiger partial charge in [0.2, 0.25) is 0 Å². The van der Waals surface area contributed by atoms with Crippen LogP contribution in [0.15, 0.2) is 30.5 Å². The van der Waals surface area contributed by atoms with Crippen molar-refractivity contribution in [1.29, 1.82) is 0 Å². The highest BCUT2D eigenvalue weighted by Gasteiger charge is 2.56. The maximum Gasteiger partial charge on any atom is 0.317 e. The molecular weight excluding hydrogens is 550 g/mol. The Kier molecular flexibility index (Phi) is 6.18. The van der Waals surface area contributed by atoms with Gasteiger partial charge in [-0.1, -0.05) is 19.9 Å². The van der Waals surface area contributed by atoms with Gasteiger partial charge in [0.1, 0.15) is 29.4 Å². The van der Waals surface area contributed by atoms with Crippen molar-refractivity contribution in [3.05, 3.63) is 53.4 Å². The fourth-order valence-electron chi connectivity index (χ4n) is 8.70. The summed E-state index contributed by atoms with van der Waals surface area (Å²) in [6.07, 6.45) is 6.56. The summed E-state index contributed by atoms with van der Waals surface area (Å²) in [7, 11) is 0. The van der Waals surface area contributed by atoms with Crippen LogP contribution in [0.4, 0.5) is 8.78 Å². The highest BCUT2D eigenvalue weighted by atomic mass is 19.1. The highest BCUT2D eigenvalue weighted by molar-refractivity contribution is 6.01. The number of aromatic hydroxyl groups is 1. The Bertz CT molecular complexity index is 1770. The minimum atomic E-state index is -0.650. The van der Waals surface area contributed by atoms with Crippen molar-refractivity contribution >= 4 is 21.7 Å². The van der Waals surface area contributed by atoms with E-state index in [9.17, 15) is 14.6 Å². The Morgan fingerprint density at radius 1 is 1.14 bits per heavy atom. The van der Waals surface area contributed by atoms with Gasteiger partial charge in [0.25, 0.3) is 0 Å². The van der Waals surface area contributed by atoms with Crippen LogP contribution in [0.25, 0.3) is 32.9 Å². The quantitative estimate of drug-likeness (QED) is 0.281. The van der Waals surface area contributed by atoms with E-state index < -0.39 is 5.82 Å². The Morgan fingerprint density at radius 2 is 1.95 bits per heavy atom. The smallest absolute Gasteiger partial charge is 0.317 e. The molecule has 4 heterocycles. The first kappa shape index (κ1) is 27.1. The number of aliphatic hydroxyl groups excluding tert-OH is 1. The van der Waals surface area contributed by atoms with E-state index >= 15 is 4.39 Å². The van der Waals surface area contributed by atoms with Gasteiger partial charge in [-0.15, -0.1) is 0 Å². The number of ether oxygens (including phenoxy) is 1. The molecule has 2 aromatic carbocycles. The Hall–Kier alpha value is -3.43. The van der Waals surface area contributed by atoms with Crippen molar-refractivity contribution in [2.24, 2.45) is 17.8 Å². The fraction of sp³-hybridized carbons (Fsp3) is 0.500. The zero-order valence-corrected chi connectivity index (χ0v) is 24.5. The van der Waals surface area contributed by atoms with Crippen molar-refractivity contribution in [2.75, 3.05) is 19.7 Å². The monoisotopic (exact) mass is 586 g/mol. The molecule has 2 saturated carbocycles. The van der Waals surface area contributed by atoms with Crippen LogP contribution in [0.3, 0.4) is 0 Å². The summed E-state index contributed by atoms with van der Waals surface area (Å²) < 4.78 is 38.0. The molecule has 43 heavy (non-hydrogen) atoms. The topological polar surface area (TPSA) is 91.6 Å². The zero-order valence-electron chi connectivity index (χ0n) is 24.5. The maximum absolute atomic E-state index is 16.7. The number of aromatic nitrogens is 3. The van der Waals surface area contributed by atoms with Crippen LogP contribution in [0.2, 0.25) is 0 Å². The summed E-state index contributed by atoms with van der Waals surface area (Å²) in [5, 5.41) is 22.4. The molecule has 2 aliphatic carbocycles. The molecule has 0 amide bonds. The molecule has 0 radical (unpaired) electrons. The average molecular weight is 587 g/mol. The maximum atomic E-state index is 16.7. The lowest BCUT2D eigenvalue weighted by Gasteiger charge is -2.31. The first-order valence-corrected chi connectivity index (χ1v) is 15.6. The number of hydrogen-bond donors (Lipinski definition) is 2. The number of phenols is 1. The number of phenolic OH excluding ortho intramolecular Hbond substituents is 1. The van der Waals surface area contributed by atoms with Crippen molar-refractivity contribution in [2.45, 2.75) is 69.9 Å². The van der Waals surface area contributed by atoms with E-state index in [0.29, 0.717) is 51.9 Å². The lowest BCUT2D eigenvalue weighted by Crippen LogP contribution is -2.43. The fourth-order valence-corrected chi connectivity index (χ4v) is 8.70. The van der Waals surface area contributed by atoms with Crippen molar-refractivity contribution in [3.8, 4) is 23.0 Å². The minimum absolute atomic E-state index is 0.000768. The number of halogens is 2. The molecule has 224 valence electrons. The Labute approximate surface area is 248 Å². The number of benzene rings is 2. The molecule has 4 atom stereocenters. The van der Waals surface area contributed by atoms with Crippen LogP contribution in [0, 0.1) is 29.4 Å². The van der Waals surface area contributed by atoms with Gasteiger partial charge in [-0.05, 0) is 97.4 Å². The van der Waals surface area contributed by atoms with E-state index in [1.54, 1.807) is 18.3 Å². The molecule has 4 fully saturated rings. The van der Waals surface area contributed by atoms with Gasteiger partial charge in [0.05, 0.1) is 17.3 Å². The van der Waals surface area contributed by atoms with Crippen LogP contribution in [-0.4, -0.2) is 61.4 Å². The summed E-state index contributed by atoms with van der Waals surface area (Å²) >= 11 is 0. The molecule has 4 aliphatic rings. The summed E-state index contributed by atoms with van der Waals surface area (Å²) in [4.78, 5) is 16.6. The van der Waals surface area contributed by atoms with Crippen LogP contribution >= 0.6 is 0 Å². The van der Waals surface area contributed by atoms with E-state index in [-0.39, 0.29) is 58.2 Å². The molecule has 7 nitrogen and oxygen atoms in total. The molecule has 9 heteroatoms. The van der Waals surface area contributed by atoms with Gasteiger partial charge in [0, 0.05) is 29.6 Å². The van der Waals surface area contributed by atoms with Gasteiger partial charge < -0.3 is 14.9 Å². The third-order valence-electron chi connectivity index (χ3n) is 10.7. The van der Waals surface area contributed by atoms with Crippen molar-refractivity contribution in [1.82, 2.24) is 19.9 Å². The number of fused-ring (bicyclic) bond motifs is 4. The second-order valence-corrected chi connectivity index (χ2v) is 13.4. The summed E-state index contributed by atoms with van der Waals surface area (Å²) in [6.45, 7) is 6.69. The standard InChI is InChI=1S/C34H36F2N4O3/c1-3-21-26(35)6-5-18-9-20(41)12-24(27(18)21)30-28(36)31-25(14-37-30)29(19-10-22-23(11-19)32(22)42)38-33(39-31)43-16-34-7-4-8-40(34)15-17(2)13-34/h5-6,9,12,14,17,19,22-23,32,41-42H,3-4,7-8,10-11,13,15-16H2,1-2H3/t17-,19?,22?,23?,32?,34+/m1/s1. The first-order chi connectivity index (χ1) is 20.8. The number of pyridine rings is 1. The molecule has 2 unspecified atom stereocenters. The summed E-state index contributed by atoms with van der Waals surface area (Å²) in [5.74, 6) is 0.0593. The lowest BCUT2D eigenvalue weighted by molar-refractivity contribution is 0.107. The number of aryl methyl sites for hydroxylation is 1. The summed E-state index contributed by atoms with van der Waals surface area (Å²) in [6, 6.07) is 6.11. The average Bonchev–Trinajstić information content (AvgIpc) is 3.36. The van der Waals surface area contributed by atoms with Crippen LogP contribution < -0.4 is 4.74 Å². The van der Waals surface area contributed by atoms with Crippen LogP contribution in [-0.2, 0) is 6.42 Å². The Morgan fingerprint density at radius 3 is 2.74 bits per heavy atom. The largest absolute Gasteiger partial charge is 0.508 e. The molecule has 0 spiro atoms. The van der Waals surface area contributed by atoms with Crippen molar-refractivity contribution in [3.63, 3.8) is 0 Å². The molecule has 2 aromatic heterocycles. The van der Waals surface area contributed by atoms with Gasteiger partial charge in [-0.25, -0.2) is 8.78 Å². The number of hydrogen-bond acceptors (Lipinski definition) is 7. The normalized spacial score (nSPS) is 29.8. The number of nitrogens with zero attached hydrogens (tertiary/aromatic N) is 4. The molecule has 2 saturated heterocycles. The first-order valence-electron chi connectivity index (χ1n) is 15.6. The SMILES string of the molecule is CCc1c(F)ccc2cc(O)cc(-c3ncc4c(C5CC6C(O)C6C5)nc(OC[C@@]56CCCN5C[C@H](C)C6)nc4c3F)c12. The van der Waals surface area contributed by atoms with E-state index in [4.69, 9.17) is 9.72 Å². The molecule has 4 aromatic rings. The highest BCUT2D eigenvalue weighted by Crippen LogP contribution is 2.58. The number of aliphatic hydroxyl groups is 1. The van der Waals surface area contributed by atoms with E-state index in [1.807, 2.05) is 6.92 Å².